The summed E-state index contributed by atoms with van der Waals surface area (Å²) in [5, 5.41) is 10.2. The van der Waals surface area contributed by atoms with Gasteiger partial charge in [-0.25, -0.2) is 9.97 Å². The van der Waals surface area contributed by atoms with Crippen LogP contribution in [-0.2, 0) is 0 Å². The van der Waals surface area contributed by atoms with Crippen LogP contribution in [0.15, 0.2) is 170 Å². The zero-order chi connectivity index (χ0) is 32.3. The quantitative estimate of drug-likeness (QED) is 0.179. The maximum absolute atomic E-state index is 5.29. The van der Waals surface area contributed by atoms with Gasteiger partial charge in [-0.05, 0) is 56.1 Å². The first-order chi connectivity index (χ1) is 24.3. The van der Waals surface area contributed by atoms with Gasteiger partial charge in [-0.15, -0.1) is 11.3 Å². The number of nitrogens with zero attached hydrogens (tertiary/aromatic N) is 2. The molecule has 0 fully saturated rings. The zero-order valence-corrected chi connectivity index (χ0v) is 27.3. The van der Waals surface area contributed by atoms with Gasteiger partial charge < -0.3 is 0 Å². The molecule has 10 rings (SSSR count). The maximum atomic E-state index is 5.29. The Kier molecular flexibility index (Phi) is 6.39. The highest BCUT2D eigenvalue weighted by molar-refractivity contribution is 7.26. The minimum Gasteiger partial charge on any atom is -0.228 e. The van der Waals surface area contributed by atoms with Crippen LogP contribution in [0.4, 0.5) is 0 Å². The second-order valence-electron chi connectivity index (χ2n) is 12.5. The molecule has 0 unspecified atom stereocenters. The van der Waals surface area contributed by atoms with Crippen molar-refractivity contribution in [2.45, 2.75) is 0 Å². The van der Waals surface area contributed by atoms with Gasteiger partial charge in [0.2, 0.25) is 0 Å². The van der Waals surface area contributed by atoms with E-state index in [9.17, 15) is 0 Å². The molecule has 0 saturated carbocycles. The van der Waals surface area contributed by atoms with Crippen LogP contribution in [-0.4, -0.2) is 9.97 Å². The molecular weight excluding hydrogens is 613 g/mol. The molecule has 10 aromatic rings. The van der Waals surface area contributed by atoms with Gasteiger partial charge in [-0.2, -0.15) is 0 Å². The summed E-state index contributed by atoms with van der Waals surface area (Å²) < 4.78 is 2.55. The molecule has 0 saturated heterocycles. The van der Waals surface area contributed by atoms with E-state index in [0.717, 1.165) is 33.9 Å². The topological polar surface area (TPSA) is 25.8 Å². The average Bonchev–Trinajstić information content (AvgIpc) is 3.57. The van der Waals surface area contributed by atoms with Crippen LogP contribution < -0.4 is 0 Å². The number of hydrogen-bond donors (Lipinski definition) is 0. The predicted octanol–water partition coefficient (Wildman–Crippen LogP) is 13.0. The molecule has 2 aromatic heterocycles. The molecule has 0 aliphatic rings. The molecule has 3 heteroatoms. The summed E-state index contributed by atoms with van der Waals surface area (Å²) >= 11 is 1.86. The van der Waals surface area contributed by atoms with E-state index in [2.05, 4.69) is 146 Å². The number of benzene rings is 8. The highest BCUT2D eigenvalue weighted by atomic mass is 32.1. The molecule has 0 atom stereocenters. The van der Waals surface area contributed by atoms with Crippen LogP contribution in [0.25, 0.3) is 97.5 Å². The summed E-state index contributed by atoms with van der Waals surface area (Å²) in [6.07, 6.45) is 0. The Balaban J connectivity index is 1.31. The average molecular weight is 641 g/mol. The number of rotatable bonds is 4. The summed E-state index contributed by atoms with van der Waals surface area (Å²) in [7, 11) is 0. The lowest BCUT2D eigenvalue weighted by atomic mass is 9.89. The molecule has 0 N–H and O–H groups in total. The van der Waals surface area contributed by atoms with Crippen LogP contribution in [0.3, 0.4) is 0 Å². The van der Waals surface area contributed by atoms with Crippen molar-refractivity contribution < 1.29 is 0 Å². The van der Waals surface area contributed by atoms with Gasteiger partial charge in [-0.1, -0.05) is 152 Å². The summed E-state index contributed by atoms with van der Waals surface area (Å²) in [4.78, 5) is 10.4. The first-order valence-electron chi connectivity index (χ1n) is 16.6. The predicted molar refractivity (Wildman–Crippen MR) is 209 cm³/mol. The Morgan fingerprint density at radius 2 is 0.878 bits per heavy atom. The van der Waals surface area contributed by atoms with Crippen LogP contribution in [0, 0.1) is 0 Å². The summed E-state index contributed by atoms with van der Waals surface area (Å²) in [5.41, 5.74) is 7.36. The molecule has 8 aromatic carbocycles. The Hall–Kier alpha value is -6.16. The van der Waals surface area contributed by atoms with E-state index in [-0.39, 0.29) is 0 Å². The first kappa shape index (κ1) is 27.9. The van der Waals surface area contributed by atoms with Crippen molar-refractivity contribution in [2.24, 2.45) is 0 Å². The molecule has 0 spiro atoms. The van der Waals surface area contributed by atoms with Gasteiger partial charge in [0.15, 0.2) is 5.82 Å². The third kappa shape index (κ3) is 4.55. The maximum Gasteiger partial charge on any atom is 0.160 e. The van der Waals surface area contributed by atoms with E-state index in [1.165, 1.54) is 63.6 Å². The second kappa shape index (κ2) is 11.2. The smallest absolute Gasteiger partial charge is 0.160 e. The summed E-state index contributed by atoms with van der Waals surface area (Å²) in [5.74, 6) is 0.718. The largest absolute Gasteiger partial charge is 0.228 e. The molecule has 2 heterocycles. The first-order valence-corrected chi connectivity index (χ1v) is 17.4. The highest BCUT2D eigenvalue weighted by Crippen LogP contribution is 2.46. The highest BCUT2D eigenvalue weighted by Gasteiger charge is 2.20. The van der Waals surface area contributed by atoms with Crippen molar-refractivity contribution >= 4 is 63.8 Å². The minimum absolute atomic E-state index is 0.718. The zero-order valence-electron chi connectivity index (χ0n) is 26.5. The van der Waals surface area contributed by atoms with E-state index in [0.29, 0.717) is 0 Å². The molecule has 0 aliphatic heterocycles. The lowest BCUT2D eigenvalue weighted by Crippen LogP contribution is -1.97. The van der Waals surface area contributed by atoms with Gasteiger partial charge in [0.25, 0.3) is 0 Å². The van der Waals surface area contributed by atoms with E-state index >= 15 is 0 Å². The molecule has 0 aliphatic carbocycles. The van der Waals surface area contributed by atoms with E-state index in [1.807, 2.05) is 35.6 Å². The fourth-order valence-corrected chi connectivity index (χ4v) is 8.68. The van der Waals surface area contributed by atoms with Crippen molar-refractivity contribution in [3.8, 4) is 45.0 Å². The minimum atomic E-state index is 0.718. The molecule has 0 radical (unpaired) electrons. The van der Waals surface area contributed by atoms with Gasteiger partial charge in [-0.3, -0.25) is 0 Å². The molecule has 0 bridgehead atoms. The fourth-order valence-electron chi connectivity index (χ4n) is 7.41. The monoisotopic (exact) mass is 640 g/mol. The Bertz CT molecular complexity index is 2780. The van der Waals surface area contributed by atoms with E-state index in [4.69, 9.17) is 9.97 Å². The van der Waals surface area contributed by atoms with E-state index in [1.54, 1.807) is 0 Å². The van der Waals surface area contributed by atoms with Crippen molar-refractivity contribution in [3.05, 3.63) is 170 Å². The third-order valence-electron chi connectivity index (χ3n) is 9.68. The molecule has 2 nitrogen and oxygen atoms in total. The molecule has 49 heavy (non-hydrogen) atoms. The molecule has 228 valence electrons. The molecular formula is C46H28N2S. The Labute approximate surface area is 287 Å². The second-order valence-corrected chi connectivity index (χ2v) is 13.6. The molecule has 0 amide bonds. The number of hydrogen-bond acceptors (Lipinski definition) is 3. The fraction of sp³-hybridized carbons (Fsp3) is 0. The normalized spacial score (nSPS) is 11.7. The number of thiophene rings is 1. The van der Waals surface area contributed by atoms with Crippen molar-refractivity contribution in [1.29, 1.82) is 0 Å². The lowest BCUT2D eigenvalue weighted by molar-refractivity contribution is 1.18. The standard InChI is InChI=1S/C46H28N2S/c1-3-13-29(14-4-1)41-28-42(48-46(47-41)30-15-5-2-6-16-30)39-26-25-38-37-21-11-12-22-43(37)49-45(38)44(39)31-23-24-36-34-19-8-7-17-32(34)33-18-9-10-20-35(33)40(36)27-31/h1-28H. The summed E-state index contributed by atoms with van der Waals surface area (Å²) in [6, 6.07) is 60.8. The van der Waals surface area contributed by atoms with Crippen LogP contribution in [0.2, 0.25) is 0 Å². The van der Waals surface area contributed by atoms with Crippen molar-refractivity contribution in [3.63, 3.8) is 0 Å². The van der Waals surface area contributed by atoms with Crippen LogP contribution in [0.5, 0.6) is 0 Å². The Morgan fingerprint density at radius 3 is 1.57 bits per heavy atom. The van der Waals surface area contributed by atoms with Crippen LogP contribution in [0.1, 0.15) is 0 Å². The summed E-state index contributed by atoms with van der Waals surface area (Å²) in [6.45, 7) is 0. The van der Waals surface area contributed by atoms with E-state index < -0.39 is 0 Å². The Morgan fingerprint density at radius 1 is 0.347 bits per heavy atom. The van der Waals surface area contributed by atoms with Crippen LogP contribution >= 0.6 is 11.3 Å². The van der Waals surface area contributed by atoms with Gasteiger partial charge in [0.05, 0.1) is 11.4 Å². The van der Waals surface area contributed by atoms with Gasteiger partial charge >= 0.3 is 0 Å². The lowest BCUT2D eigenvalue weighted by Gasteiger charge is -2.16. The van der Waals surface area contributed by atoms with Crippen molar-refractivity contribution in [1.82, 2.24) is 9.97 Å². The van der Waals surface area contributed by atoms with Gasteiger partial charge in [0, 0.05) is 42.4 Å². The SMILES string of the molecule is c1ccc(-c2cc(-c3ccc4c(sc5ccccc54)c3-c3ccc4c5ccccc5c5ccccc5c4c3)nc(-c3ccccc3)n2)cc1. The van der Waals surface area contributed by atoms with Crippen molar-refractivity contribution in [2.75, 3.05) is 0 Å². The number of fused-ring (bicyclic) bond motifs is 9. The third-order valence-corrected chi connectivity index (χ3v) is 10.9. The van der Waals surface area contributed by atoms with Gasteiger partial charge in [0.1, 0.15) is 0 Å². The number of aromatic nitrogens is 2.